The lowest BCUT2D eigenvalue weighted by Crippen LogP contribution is -2.44. The molecule has 0 radical (unpaired) electrons. The average Bonchev–Trinajstić information content (AvgIpc) is 2.67. The van der Waals surface area contributed by atoms with Crippen LogP contribution in [0.2, 0.25) is 0 Å². The maximum atomic E-state index is 12.1. The summed E-state index contributed by atoms with van der Waals surface area (Å²) in [7, 11) is 1.77. The Balaban J connectivity index is 1.61. The summed E-state index contributed by atoms with van der Waals surface area (Å²) in [6.45, 7) is 2.76. The first-order valence-electron chi connectivity index (χ1n) is 9.98. The molecule has 1 aromatic rings. The SMILES string of the molecule is CN=C(NCCC(=O)NC1CCCCC1)NC(C)CCc1ccccc1. The van der Waals surface area contributed by atoms with E-state index in [0.717, 1.165) is 31.6 Å². The minimum absolute atomic E-state index is 0.136. The van der Waals surface area contributed by atoms with Gasteiger partial charge in [0.25, 0.3) is 0 Å². The molecule has 1 amide bonds. The molecule has 0 spiro atoms. The van der Waals surface area contributed by atoms with Crippen LogP contribution < -0.4 is 16.0 Å². The Morgan fingerprint density at radius 1 is 1.19 bits per heavy atom. The van der Waals surface area contributed by atoms with E-state index in [1.54, 1.807) is 7.05 Å². The van der Waals surface area contributed by atoms with Gasteiger partial charge >= 0.3 is 0 Å². The number of carbonyl (C=O) groups is 1. The molecule has 1 saturated carbocycles. The monoisotopic (exact) mass is 358 g/mol. The van der Waals surface area contributed by atoms with Gasteiger partial charge in [-0.25, -0.2) is 0 Å². The molecule has 1 aromatic carbocycles. The summed E-state index contributed by atoms with van der Waals surface area (Å²) in [6, 6.07) is 11.2. The van der Waals surface area contributed by atoms with Gasteiger partial charge in [0.05, 0.1) is 0 Å². The highest BCUT2D eigenvalue weighted by Crippen LogP contribution is 2.17. The van der Waals surface area contributed by atoms with Crippen LogP contribution in [0.15, 0.2) is 35.3 Å². The molecule has 144 valence electrons. The molecular formula is C21H34N4O. The van der Waals surface area contributed by atoms with Gasteiger partial charge in [-0.1, -0.05) is 49.6 Å². The van der Waals surface area contributed by atoms with Gasteiger partial charge in [0, 0.05) is 32.1 Å². The molecule has 26 heavy (non-hydrogen) atoms. The molecular weight excluding hydrogens is 324 g/mol. The lowest BCUT2D eigenvalue weighted by molar-refractivity contribution is -0.121. The Morgan fingerprint density at radius 3 is 2.62 bits per heavy atom. The van der Waals surface area contributed by atoms with Crippen molar-refractivity contribution in [1.29, 1.82) is 0 Å². The summed E-state index contributed by atoms with van der Waals surface area (Å²) >= 11 is 0. The minimum Gasteiger partial charge on any atom is -0.356 e. The number of nitrogens with zero attached hydrogens (tertiary/aromatic N) is 1. The molecule has 0 aromatic heterocycles. The topological polar surface area (TPSA) is 65.5 Å². The van der Waals surface area contributed by atoms with E-state index in [-0.39, 0.29) is 5.91 Å². The van der Waals surface area contributed by atoms with Crippen LogP contribution in [0.3, 0.4) is 0 Å². The molecule has 0 saturated heterocycles. The highest BCUT2D eigenvalue weighted by atomic mass is 16.1. The van der Waals surface area contributed by atoms with Gasteiger partial charge < -0.3 is 16.0 Å². The molecule has 0 aliphatic heterocycles. The number of hydrogen-bond acceptors (Lipinski definition) is 2. The number of amides is 1. The van der Waals surface area contributed by atoms with Gasteiger partial charge in [0.15, 0.2) is 5.96 Å². The van der Waals surface area contributed by atoms with Crippen molar-refractivity contribution in [3.8, 4) is 0 Å². The Morgan fingerprint density at radius 2 is 1.92 bits per heavy atom. The number of hydrogen-bond donors (Lipinski definition) is 3. The number of aliphatic imine (C=N–C) groups is 1. The van der Waals surface area contributed by atoms with Crippen LogP contribution in [-0.4, -0.2) is 37.5 Å². The molecule has 1 unspecified atom stereocenters. The smallest absolute Gasteiger partial charge is 0.221 e. The van der Waals surface area contributed by atoms with E-state index in [4.69, 9.17) is 0 Å². The van der Waals surface area contributed by atoms with Crippen LogP contribution in [0.4, 0.5) is 0 Å². The van der Waals surface area contributed by atoms with Crippen molar-refractivity contribution in [3.63, 3.8) is 0 Å². The average molecular weight is 359 g/mol. The largest absolute Gasteiger partial charge is 0.356 e. The van der Waals surface area contributed by atoms with E-state index in [1.807, 2.05) is 6.07 Å². The van der Waals surface area contributed by atoms with Crippen molar-refractivity contribution in [2.24, 2.45) is 4.99 Å². The predicted octanol–water partition coefficient (Wildman–Crippen LogP) is 3.01. The number of benzene rings is 1. The van der Waals surface area contributed by atoms with Crippen LogP contribution >= 0.6 is 0 Å². The second-order valence-corrected chi connectivity index (χ2v) is 7.22. The zero-order valence-corrected chi connectivity index (χ0v) is 16.3. The molecule has 3 N–H and O–H groups in total. The van der Waals surface area contributed by atoms with Crippen LogP contribution in [0.5, 0.6) is 0 Å². The zero-order chi connectivity index (χ0) is 18.6. The first-order valence-corrected chi connectivity index (χ1v) is 9.98. The molecule has 1 atom stereocenters. The van der Waals surface area contributed by atoms with Gasteiger partial charge in [0.1, 0.15) is 0 Å². The number of aryl methyl sites for hydroxylation is 1. The predicted molar refractivity (Wildman–Crippen MR) is 108 cm³/mol. The van der Waals surface area contributed by atoms with E-state index in [1.165, 1.54) is 24.8 Å². The van der Waals surface area contributed by atoms with Crippen molar-refractivity contribution in [3.05, 3.63) is 35.9 Å². The Bertz CT molecular complexity index is 552. The first kappa shape index (κ1) is 20.3. The molecule has 1 fully saturated rings. The van der Waals surface area contributed by atoms with Crippen molar-refractivity contribution in [2.45, 2.75) is 70.4 Å². The van der Waals surface area contributed by atoms with Crippen molar-refractivity contribution >= 4 is 11.9 Å². The fourth-order valence-electron chi connectivity index (χ4n) is 3.37. The lowest BCUT2D eigenvalue weighted by atomic mass is 9.95. The Hall–Kier alpha value is -2.04. The molecule has 0 heterocycles. The molecule has 0 bridgehead atoms. The molecule has 5 nitrogen and oxygen atoms in total. The van der Waals surface area contributed by atoms with Crippen molar-refractivity contribution in [2.75, 3.05) is 13.6 Å². The van der Waals surface area contributed by atoms with Crippen LogP contribution in [0.1, 0.15) is 57.4 Å². The van der Waals surface area contributed by atoms with E-state index in [0.29, 0.717) is 25.0 Å². The minimum atomic E-state index is 0.136. The van der Waals surface area contributed by atoms with Gasteiger partial charge in [-0.2, -0.15) is 0 Å². The highest BCUT2D eigenvalue weighted by molar-refractivity contribution is 5.81. The normalized spacial score (nSPS) is 16.8. The summed E-state index contributed by atoms with van der Waals surface area (Å²) in [5.74, 6) is 0.896. The molecule has 5 heteroatoms. The van der Waals surface area contributed by atoms with Crippen LogP contribution in [0, 0.1) is 0 Å². The quantitative estimate of drug-likeness (QED) is 0.494. The van der Waals surface area contributed by atoms with Gasteiger partial charge in [-0.15, -0.1) is 0 Å². The highest BCUT2D eigenvalue weighted by Gasteiger charge is 2.15. The third-order valence-electron chi connectivity index (χ3n) is 4.93. The second-order valence-electron chi connectivity index (χ2n) is 7.22. The number of rotatable bonds is 8. The lowest BCUT2D eigenvalue weighted by Gasteiger charge is -2.23. The molecule has 2 rings (SSSR count). The van der Waals surface area contributed by atoms with E-state index in [2.05, 4.69) is 52.1 Å². The van der Waals surface area contributed by atoms with Gasteiger partial charge in [-0.05, 0) is 38.2 Å². The fraction of sp³-hybridized carbons (Fsp3) is 0.619. The Kier molecular flexibility index (Phi) is 9.01. The molecule has 1 aliphatic carbocycles. The van der Waals surface area contributed by atoms with Crippen molar-refractivity contribution in [1.82, 2.24) is 16.0 Å². The summed E-state index contributed by atoms with van der Waals surface area (Å²) < 4.78 is 0. The third-order valence-corrected chi connectivity index (χ3v) is 4.93. The van der Waals surface area contributed by atoms with Crippen LogP contribution in [0.25, 0.3) is 0 Å². The van der Waals surface area contributed by atoms with E-state index < -0.39 is 0 Å². The first-order chi connectivity index (χ1) is 12.7. The standard InChI is InChI=1S/C21H34N4O/c1-17(13-14-18-9-5-3-6-10-18)24-21(22-2)23-16-15-20(26)25-19-11-7-4-8-12-19/h3,5-6,9-10,17,19H,4,7-8,11-16H2,1-2H3,(H,25,26)(H2,22,23,24). The second kappa shape index (κ2) is 11.6. The van der Waals surface area contributed by atoms with Crippen molar-refractivity contribution < 1.29 is 4.79 Å². The fourth-order valence-corrected chi connectivity index (χ4v) is 3.37. The number of nitrogens with one attached hydrogen (secondary N) is 3. The third kappa shape index (κ3) is 7.89. The molecule has 1 aliphatic rings. The number of guanidine groups is 1. The maximum Gasteiger partial charge on any atom is 0.221 e. The Labute approximate surface area is 158 Å². The summed E-state index contributed by atoms with van der Waals surface area (Å²) in [4.78, 5) is 16.3. The van der Waals surface area contributed by atoms with Gasteiger partial charge in [-0.3, -0.25) is 9.79 Å². The van der Waals surface area contributed by atoms with E-state index in [9.17, 15) is 4.79 Å². The summed E-state index contributed by atoms with van der Waals surface area (Å²) in [5, 5.41) is 9.79. The van der Waals surface area contributed by atoms with Gasteiger partial charge in [0.2, 0.25) is 5.91 Å². The summed E-state index contributed by atoms with van der Waals surface area (Å²) in [5.41, 5.74) is 1.35. The van der Waals surface area contributed by atoms with E-state index >= 15 is 0 Å². The van der Waals surface area contributed by atoms with Crippen LogP contribution in [-0.2, 0) is 11.2 Å². The zero-order valence-electron chi connectivity index (χ0n) is 16.3. The summed E-state index contributed by atoms with van der Waals surface area (Å²) in [6.07, 6.45) is 8.58. The number of carbonyl (C=O) groups excluding carboxylic acids is 1. The maximum absolute atomic E-state index is 12.1.